The molecule has 1 aliphatic heterocycles. The van der Waals surface area contributed by atoms with Crippen molar-refractivity contribution in [3.8, 4) is 17.4 Å². The van der Waals surface area contributed by atoms with E-state index in [1.807, 2.05) is 18.2 Å². The molecule has 1 N–H and O–H groups in total. The molecule has 122 valence electrons. The van der Waals surface area contributed by atoms with E-state index in [4.69, 9.17) is 14.2 Å². The Bertz CT molecular complexity index is 922. The van der Waals surface area contributed by atoms with Crippen LogP contribution < -0.4 is 19.5 Å². The van der Waals surface area contributed by atoms with E-state index in [9.17, 15) is 4.79 Å². The Morgan fingerprint density at radius 3 is 3.04 bits per heavy atom. The van der Waals surface area contributed by atoms with Gasteiger partial charge in [-0.15, -0.1) is 5.10 Å². The number of rotatable bonds is 4. The van der Waals surface area contributed by atoms with Gasteiger partial charge in [0.05, 0.1) is 13.3 Å². The van der Waals surface area contributed by atoms with Crippen molar-refractivity contribution in [3.63, 3.8) is 0 Å². The van der Waals surface area contributed by atoms with Crippen LogP contribution in [0, 0.1) is 0 Å². The number of amides is 1. The van der Waals surface area contributed by atoms with E-state index in [2.05, 4.69) is 15.4 Å². The van der Waals surface area contributed by atoms with Crippen LogP contribution in [0.1, 0.15) is 16.1 Å². The molecule has 0 saturated carbocycles. The highest BCUT2D eigenvalue weighted by atomic mass is 16.7. The summed E-state index contributed by atoms with van der Waals surface area (Å²) in [6.07, 6.45) is 1.56. The fourth-order valence-electron chi connectivity index (χ4n) is 2.41. The monoisotopic (exact) mass is 326 g/mol. The smallest absolute Gasteiger partial charge is 0.271 e. The van der Waals surface area contributed by atoms with E-state index in [1.165, 1.54) is 11.6 Å². The van der Waals surface area contributed by atoms with Crippen molar-refractivity contribution >= 4 is 11.6 Å². The topological polar surface area (TPSA) is 87.0 Å². The van der Waals surface area contributed by atoms with Gasteiger partial charge in [-0.1, -0.05) is 6.07 Å². The van der Waals surface area contributed by atoms with Gasteiger partial charge in [-0.3, -0.25) is 4.79 Å². The summed E-state index contributed by atoms with van der Waals surface area (Å²) in [5.41, 5.74) is 1.77. The zero-order chi connectivity index (χ0) is 16.5. The van der Waals surface area contributed by atoms with Crippen LogP contribution in [-0.2, 0) is 6.54 Å². The van der Waals surface area contributed by atoms with E-state index in [-0.39, 0.29) is 18.4 Å². The third kappa shape index (κ3) is 2.58. The van der Waals surface area contributed by atoms with Crippen molar-refractivity contribution < 1.29 is 19.0 Å². The van der Waals surface area contributed by atoms with Gasteiger partial charge in [0, 0.05) is 12.6 Å². The Morgan fingerprint density at radius 1 is 1.29 bits per heavy atom. The average Bonchev–Trinajstić information content (AvgIpc) is 3.24. The first-order valence-electron chi connectivity index (χ1n) is 7.30. The number of hydrogen-bond acceptors (Lipinski definition) is 6. The Labute approximate surface area is 137 Å². The van der Waals surface area contributed by atoms with E-state index in [0.29, 0.717) is 29.6 Å². The summed E-state index contributed by atoms with van der Waals surface area (Å²) in [6, 6.07) is 8.98. The fraction of sp³-hybridized carbons (Fsp3) is 0.188. The number of ether oxygens (including phenoxy) is 3. The highest BCUT2D eigenvalue weighted by molar-refractivity contribution is 5.92. The zero-order valence-corrected chi connectivity index (χ0v) is 12.9. The average molecular weight is 326 g/mol. The molecule has 24 heavy (non-hydrogen) atoms. The first kappa shape index (κ1) is 14.3. The normalized spacial score (nSPS) is 12.4. The maximum absolute atomic E-state index is 12.3. The summed E-state index contributed by atoms with van der Waals surface area (Å²) in [5.74, 6) is 1.57. The number of nitrogens with one attached hydrogen (secondary N) is 1. The maximum atomic E-state index is 12.3. The third-order valence-corrected chi connectivity index (χ3v) is 3.63. The molecular formula is C16H14N4O4. The Hall–Kier alpha value is -3.29. The summed E-state index contributed by atoms with van der Waals surface area (Å²) in [4.78, 5) is 16.5. The molecule has 0 unspecified atom stereocenters. The lowest BCUT2D eigenvalue weighted by atomic mass is 10.2. The zero-order valence-electron chi connectivity index (χ0n) is 12.9. The molecule has 0 atom stereocenters. The first-order chi connectivity index (χ1) is 11.7. The third-order valence-electron chi connectivity index (χ3n) is 3.63. The molecule has 8 nitrogen and oxygen atoms in total. The predicted octanol–water partition coefficient (Wildman–Crippen LogP) is 1.40. The first-order valence-corrected chi connectivity index (χ1v) is 7.30. The van der Waals surface area contributed by atoms with Crippen molar-refractivity contribution in [1.82, 2.24) is 19.9 Å². The second-order valence-corrected chi connectivity index (χ2v) is 5.17. The van der Waals surface area contributed by atoms with Gasteiger partial charge < -0.3 is 19.5 Å². The minimum Gasteiger partial charge on any atom is -0.480 e. The van der Waals surface area contributed by atoms with Gasteiger partial charge in [0.2, 0.25) is 12.7 Å². The van der Waals surface area contributed by atoms with Crippen molar-refractivity contribution in [3.05, 3.63) is 47.8 Å². The quantitative estimate of drug-likeness (QED) is 0.780. The second-order valence-electron chi connectivity index (χ2n) is 5.17. The highest BCUT2D eigenvalue weighted by Gasteiger charge is 2.15. The number of carbonyl (C=O) groups excluding carboxylic acids is 1. The van der Waals surface area contributed by atoms with Crippen molar-refractivity contribution in [2.24, 2.45) is 0 Å². The number of hydrogen-bond donors (Lipinski definition) is 1. The number of methoxy groups -OCH3 is 1. The van der Waals surface area contributed by atoms with Gasteiger partial charge in [-0.2, -0.15) is 0 Å². The molecule has 3 aromatic rings. The number of imidazole rings is 1. The number of fused-ring (bicyclic) bond motifs is 2. The van der Waals surface area contributed by atoms with Crippen LogP contribution in [0.2, 0.25) is 0 Å². The van der Waals surface area contributed by atoms with E-state index < -0.39 is 0 Å². The maximum Gasteiger partial charge on any atom is 0.271 e. The van der Waals surface area contributed by atoms with Crippen molar-refractivity contribution in [1.29, 1.82) is 0 Å². The van der Waals surface area contributed by atoms with Gasteiger partial charge in [0.1, 0.15) is 5.69 Å². The van der Waals surface area contributed by atoms with Crippen LogP contribution in [0.15, 0.2) is 36.5 Å². The minimum absolute atomic E-state index is 0.225. The molecule has 0 radical (unpaired) electrons. The number of benzene rings is 1. The number of aromatic nitrogens is 3. The summed E-state index contributed by atoms with van der Waals surface area (Å²) in [5, 5.41) is 7.00. The van der Waals surface area contributed by atoms with Gasteiger partial charge in [-0.05, 0) is 23.8 Å². The predicted molar refractivity (Wildman–Crippen MR) is 83.3 cm³/mol. The molecule has 0 bridgehead atoms. The molecule has 0 aliphatic carbocycles. The molecular weight excluding hydrogens is 312 g/mol. The van der Waals surface area contributed by atoms with Crippen LogP contribution in [0.4, 0.5) is 0 Å². The molecule has 1 aliphatic rings. The Morgan fingerprint density at radius 2 is 2.17 bits per heavy atom. The molecule has 2 aromatic heterocycles. The highest BCUT2D eigenvalue weighted by Crippen LogP contribution is 2.32. The summed E-state index contributed by atoms with van der Waals surface area (Å²) in [7, 11) is 1.53. The lowest BCUT2D eigenvalue weighted by Gasteiger charge is -2.04. The van der Waals surface area contributed by atoms with Crippen LogP contribution in [0.3, 0.4) is 0 Å². The van der Waals surface area contributed by atoms with Gasteiger partial charge in [0.15, 0.2) is 17.1 Å². The Kier molecular flexibility index (Phi) is 3.42. The van der Waals surface area contributed by atoms with Crippen molar-refractivity contribution in [2.75, 3.05) is 13.9 Å². The largest absolute Gasteiger partial charge is 0.480 e. The minimum atomic E-state index is -0.280. The van der Waals surface area contributed by atoms with Gasteiger partial charge in [-0.25, -0.2) is 9.50 Å². The summed E-state index contributed by atoms with van der Waals surface area (Å²) in [6.45, 7) is 0.586. The Balaban J connectivity index is 1.48. The molecule has 1 aromatic carbocycles. The molecule has 0 spiro atoms. The number of nitrogens with zero attached hydrogens (tertiary/aromatic N) is 3. The second kappa shape index (κ2) is 5.73. The molecule has 4 rings (SSSR count). The molecule has 8 heteroatoms. The standard InChI is InChI=1S/C16H14N4O4/c1-22-15-5-4-14-18-11(8-20(14)19-15)16(21)17-7-10-2-3-12-13(6-10)24-9-23-12/h2-6,8H,7,9H2,1H3,(H,17,21). The van der Waals surface area contributed by atoms with E-state index in [0.717, 1.165) is 5.56 Å². The molecule has 0 fully saturated rings. The lowest BCUT2D eigenvalue weighted by Crippen LogP contribution is -2.23. The lowest BCUT2D eigenvalue weighted by molar-refractivity contribution is 0.0946. The van der Waals surface area contributed by atoms with Gasteiger partial charge >= 0.3 is 0 Å². The van der Waals surface area contributed by atoms with Gasteiger partial charge in [0.25, 0.3) is 5.91 Å². The van der Waals surface area contributed by atoms with Crippen LogP contribution in [0.5, 0.6) is 17.4 Å². The number of carbonyl (C=O) groups is 1. The molecule has 1 amide bonds. The van der Waals surface area contributed by atoms with E-state index >= 15 is 0 Å². The van der Waals surface area contributed by atoms with Crippen molar-refractivity contribution in [2.45, 2.75) is 6.54 Å². The fourth-order valence-corrected chi connectivity index (χ4v) is 2.41. The van der Waals surface area contributed by atoms with Crippen LogP contribution in [0.25, 0.3) is 5.65 Å². The SMILES string of the molecule is COc1ccc2nc(C(=O)NCc3ccc4c(c3)OCO4)cn2n1. The van der Waals surface area contributed by atoms with Crippen LogP contribution in [-0.4, -0.2) is 34.4 Å². The molecule has 0 saturated heterocycles. The van der Waals surface area contributed by atoms with Crippen LogP contribution >= 0.6 is 0 Å². The summed E-state index contributed by atoms with van der Waals surface area (Å²) >= 11 is 0. The molecule has 3 heterocycles. The summed E-state index contributed by atoms with van der Waals surface area (Å²) < 4.78 is 17.1. The van der Waals surface area contributed by atoms with E-state index in [1.54, 1.807) is 18.3 Å².